The number of hydrogen-bond donors (Lipinski definition) is 1. The fraction of sp³-hybridized carbons (Fsp3) is 0.700. The molecule has 0 aromatic carbocycles. The first-order chi connectivity index (χ1) is 10.9. The Morgan fingerprint density at radius 1 is 1.26 bits per heavy atom. The summed E-state index contributed by atoms with van der Waals surface area (Å²) in [5.41, 5.74) is 0.948. The SMILES string of the molecule is C[C@]12C=CC(=O)C=C1CC[C@@H]1C2[C@@H](O)C[C@@]2(C)C1CC[C@@H]2C=O. The minimum absolute atomic E-state index is 0.0475. The molecular formula is C20H26O3. The largest absolute Gasteiger partial charge is 0.393 e. The molecule has 0 heterocycles. The van der Waals surface area contributed by atoms with Crippen LogP contribution in [0.5, 0.6) is 0 Å². The van der Waals surface area contributed by atoms with Gasteiger partial charge >= 0.3 is 0 Å². The Labute approximate surface area is 137 Å². The van der Waals surface area contributed by atoms with Gasteiger partial charge in [0.1, 0.15) is 6.29 Å². The summed E-state index contributed by atoms with van der Waals surface area (Å²) in [7, 11) is 0. The summed E-state index contributed by atoms with van der Waals surface area (Å²) in [5.74, 6) is 1.32. The van der Waals surface area contributed by atoms with E-state index in [1.807, 2.05) is 6.08 Å². The number of aldehydes is 1. The molecule has 0 aromatic heterocycles. The van der Waals surface area contributed by atoms with Gasteiger partial charge in [-0.2, -0.15) is 0 Å². The predicted molar refractivity (Wildman–Crippen MR) is 87.6 cm³/mol. The quantitative estimate of drug-likeness (QED) is 0.757. The number of rotatable bonds is 1. The lowest BCUT2D eigenvalue weighted by molar-refractivity contribution is -0.130. The highest BCUT2D eigenvalue weighted by atomic mass is 16.3. The van der Waals surface area contributed by atoms with E-state index in [-0.39, 0.29) is 28.4 Å². The van der Waals surface area contributed by atoms with Crippen molar-refractivity contribution in [3.63, 3.8) is 0 Å². The minimum Gasteiger partial charge on any atom is -0.393 e. The van der Waals surface area contributed by atoms with E-state index < -0.39 is 6.10 Å². The van der Waals surface area contributed by atoms with Crippen molar-refractivity contribution in [3.8, 4) is 0 Å². The highest BCUT2D eigenvalue weighted by molar-refractivity contribution is 6.01. The van der Waals surface area contributed by atoms with Crippen LogP contribution in [0.2, 0.25) is 0 Å². The molecule has 124 valence electrons. The molecular weight excluding hydrogens is 288 g/mol. The molecule has 0 amide bonds. The van der Waals surface area contributed by atoms with Crippen LogP contribution in [0.1, 0.15) is 46.0 Å². The van der Waals surface area contributed by atoms with Gasteiger partial charge in [-0.1, -0.05) is 25.5 Å². The van der Waals surface area contributed by atoms with Gasteiger partial charge in [-0.15, -0.1) is 0 Å². The van der Waals surface area contributed by atoms with E-state index in [4.69, 9.17) is 0 Å². The van der Waals surface area contributed by atoms with Gasteiger partial charge in [0.25, 0.3) is 0 Å². The van der Waals surface area contributed by atoms with Crippen LogP contribution in [0.3, 0.4) is 0 Å². The zero-order valence-electron chi connectivity index (χ0n) is 14.0. The van der Waals surface area contributed by atoms with Crippen LogP contribution >= 0.6 is 0 Å². The van der Waals surface area contributed by atoms with Crippen molar-refractivity contribution in [2.45, 2.75) is 52.1 Å². The van der Waals surface area contributed by atoms with Gasteiger partial charge in [0, 0.05) is 17.3 Å². The van der Waals surface area contributed by atoms with Crippen molar-refractivity contribution in [2.24, 2.45) is 34.5 Å². The van der Waals surface area contributed by atoms with Crippen LogP contribution in [0.4, 0.5) is 0 Å². The maximum atomic E-state index is 11.8. The Morgan fingerprint density at radius 2 is 2.04 bits per heavy atom. The first-order valence-electron chi connectivity index (χ1n) is 8.98. The summed E-state index contributed by atoms with van der Waals surface area (Å²) in [6.45, 7) is 4.41. The average molecular weight is 314 g/mol. The normalized spacial score (nSPS) is 51.5. The van der Waals surface area contributed by atoms with Gasteiger partial charge in [0.05, 0.1) is 6.10 Å². The molecule has 4 rings (SSSR count). The zero-order chi connectivity index (χ0) is 16.4. The van der Waals surface area contributed by atoms with Crippen LogP contribution in [-0.2, 0) is 9.59 Å². The first-order valence-corrected chi connectivity index (χ1v) is 8.98. The summed E-state index contributed by atoms with van der Waals surface area (Å²) < 4.78 is 0. The van der Waals surface area contributed by atoms with Crippen LogP contribution in [0.25, 0.3) is 0 Å². The summed E-state index contributed by atoms with van der Waals surface area (Å²) in [6.07, 6.45) is 11.0. The van der Waals surface area contributed by atoms with E-state index in [2.05, 4.69) is 13.8 Å². The summed E-state index contributed by atoms with van der Waals surface area (Å²) >= 11 is 0. The second kappa shape index (κ2) is 4.89. The fourth-order valence-corrected chi connectivity index (χ4v) is 6.59. The number of carbonyl (C=O) groups excluding carboxylic acids is 2. The minimum atomic E-state index is -0.395. The van der Waals surface area contributed by atoms with E-state index >= 15 is 0 Å². The Balaban J connectivity index is 1.75. The lowest BCUT2D eigenvalue weighted by Crippen LogP contribution is -2.55. The Bertz CT molecular complexity index is 618. The maximum absolute atomic E-state index is 11.8. The second-order valence-corrected chi connectivity index (χ2v) is 8.62. The Kier molecular flexibility index (Phi) is 3.26. The molecule has 0 aliphatic heterocycles. The third-order valence-electron chi connectivity index (χ3n) is 7.73. The van der Waals surface area contributed by atoms with E-state index in [0.717, 1.165) is 32.0 Å². The third kappa shape index (κ3) is 1.92. The molecule has 4 aliphatic carbocycles. The van der Waals surface area contributed by atoms with Gasteiger partial charge in [-0.25, -0.2) is 0 Å². The lowest BCUT2D eigenvalue weighted by Gasteiger charge is -2.58. The van der Waals surface area contributed by atoms with E-state index in [1.165, 1.54) is 5.57 Å². The first kappa shape index (κ1) is 15.3. The molecule has 3 heteroatoms. The summed E-state index contributed by atoms with van der Waals surface area (Å²) in [5, 5.41) is 11.0. The van der Waals surface area contributed by atoms with Crippen LogP contribution in [0.15, 0.2) is 23.8 Å². The van der Waals surface area contributed by atoms with E-state index in [1.54, 1.807) is 12.2 Å². The van der Waals surface area contributed by atoms with Gasteiger partial charge in [0.2, 0.25) is 0 Å². The highest BCUT2D eigenvalue weighted by Crippen LogP contribution is 2.65. The summed E-state index contributed by atoms with van der Waals surface area (Å²) in [4.78, 5) is 23.3. The molecule has 0 radical (unpaired) electrons. The van der Waals surface area contributed by atoms with Crippen LogP contribution in [-0.4, -0.2) is 23.3 Å². The van der Waals surface area contributed by atoms with Crippen molar-refractivity contribution in [1.29, 1.82) is 0 Å². The molecule has 0 saturated heterocycles. The van der Waals surface area contributed by atoms with Crippen molar-refractivity contribution in [1.82, 2.24) is 0 Å². The number of aliphatic hydroxyl groups excluding tert-OH is 1. The van der Waals surface area contributed by atoms with Crippen molar-refractivity contribution < 1.29 is 14.7 Å². The molecule has 0 aromatic rings. The van der Waals surface area contributed by atoms with Crippen LogP contribution < -0.4 is 0 Å². The molecule has 0 bridgehead atoms. The number of ketones is 1. The smallest absolute Gasteiger partial charge is 0.178 e. The van der Waals surface area contributed by atoms with Crippen LogP contribution in [0, 0.1) is 34.5 Å². The molecule has 3 nitrogen and oxygen atoms in total. The molecule has 3 fully saturated rings. The standard InChI is InChI=1S/C20H26O3/c1-19-8-7-14(22)9-12(19)3-5-15-16-6-4-13(11-21)20(16,2)10-17(23)18(15)19/h7-9,11,13,15-18,23H,3-6,10H2,1-2H3/t13-,15+,16?,17+,18?,19+,20-/m1/s1. The molecule has 2 unspecified atom stereocenters. The van der Waals surface area contributed by atoms with Crippen molar-refractivity contribution in [2.75, 3.05) is 0 Å². The Morgan fingerprint density at radius 3 is 2.78 bits per heavy atom. The zero-order valence-corrected chi connectivity index (χ0v) is 14.0. The number of aliphatic hydroxyl groups is 1. The molecule has 23 heavy (non-hydrogen) atoms. The predicted octanol–water partition coefficient (Wildman–Crippen LogP) is 3.08. The monoisotopic (exact) mass is 314 g/mol. The molecule has 1 N–H and O–H groups in total. The average Bonchev–Trinajstić information content (AvgIpc) is 2.83. The van der Waals surface area contributed by atoms with Crippen molar-refractivity contribution in [3.05, 3.63) is 23.8 Å². The summed E-state index contributed by atoms with van der Waals surface area (Å²) in [6, 6.07) is 0. The molecule has 4 aliphatic rings. The van der Waals surface area contributed by atoms with Gasteiger partial charge < -0.3 is 9.90 Å². The number of hydrogen-bond acceptors (Lipinski definition) is 3. The van der Waals surface area contributed by atoms with E-state index in [0.29, 0.717) is 18.3 Å². The number of allylic oxidation sites excluding steroid dienone is 4. The molecule has 3 saturated carbocycles. The maximum Gasteiger partial charge on any atom is 0.178 e. The molecule has 7 atom stereocenters. The fourth-order valence-electron chi connectivity index (χ4n) is 6.59. The Hall–Kier alpha value is -1.22. The van der Waals surface area contributed by atoms with Gasteiger partial charge in [-0.3, -0.25) is 4.79 Å². The number of fused-ring (bicyclic) bond motifs is 5. The van der Waals surface area contributed by atoms with E-state index in [9.17, 15) is 14.7 Å². The van der Waals surface area contributed by atoms with Gasteiger partial charge in [0.15, 0.2) is 5.78 Å². The third-order valence-corrected chi connectivity index (χ3v) is 7.73. The van der Waals surface area contributed by atoms with Crippen molar-refractivity contribution >= 4 is 12.1 Å². The highest BCUT2D eigenvalue weighted by Gasteiger charge is 2.61. The number of carbonyl (C=O) groups is 2. The lowest BCUT2D eigenvalue weighted by atomic mass is 9.47. The topological polar surface area (TPSA) is 54.4 Å². The molecule has 0 spiro atoms. The van der Waals surface area contributed by atoms with Gasteiger partial charge in [-0.05, 0) is 61.5 Å². The second-order valence-electron chi connectivity index (χ2n) is 8.62.